The Kier molecular flexibility index (Phi) is 5.02. The highest BCUT2D eigenvalue weighted by Crippen LogP contribution is 2.47. The predicted molar refractivity (Wildman–Crippen MR) is 121 cm³/mol. The van der Waals surface area contributed by atoms with E-state index in [-0.39, 0.29) is 18.4 Å². The van der Waals surface area contributed by atoms with Gasteiger partial charge in [-0.15, -0.1) is 0 Å². The summed E-state index contributed by atoms with van der Waals surface area (Å²) in [5.74, 6) is 2.62. The normalized spacial score (nSPS) is 19.4. The van der Waals surface area contributed by atoms with Crippen LogP contribution < -0.4 is 14.2 Å². The first-order chi connectivity index (χ1) is 15.1. The molecule has 2 aliphatic rings. The van der Waals surface area contributed by atoms with E-state index in [4.69, 9.17) is 19.3 Å². The molecule has 2 atom stereocenters. The third kappa shape index (κ3) is 3.72. The Balaban J connectivity index is 1.49. The summed E-state index contributed by atoms with van der Waals surface area (Å²) >= 11 is 0. The second-order valence-corrected chi connectivity index (χ2v) is 8.12. The molecule has 0 saturated carbocycles. The zero-order chi connectivity index (χ0) is 21.4. The molecule has 2 aliphatic heterocycles. The third-order valence-electron chi connectivity index (χ3n) is 5.66. The van der Waals surface area contributed by atoms with E-state index in [0.29, 0.717) is 0 Å². The molecule has 0 radical (unpaired) electrons. The molecule has 3 aromatic carbocycles. The Morgan fingerprint density at radius 3 is 2.35 bits per heavy atom. The smallest absolute Gasteiger partial charge is 0.213 e. The number of hydrazone groups is 1. The summed E-state index contributed by atoms with van der Waals surface area (Å²) in [5.41, 5.74) is 4.38. The van der Waals surface area contributed by atoms with Gasteiger partial charge in [0.15, 0.2) is 0 Å². The molecular formula is C26H26N2O3. The van der Waals surface area contributed by atoms with Crippen LogP contribution in [0.1, 0.15) is 49.2 Å². The molecule has 0 aromatic heterocycles. The number of rotatable bonds is 5. The fourth-order valence-corrected chi connectivity index (χ4v) is 4.20. The van der Waals surface area contributed by atoms with Gasteiger partial charge in [-0.2, -0.15) is 5.10 Å². The van der Waals surface area contributed by atoms with Crippen molar-refractivity contribution in [2.75, 3.05) is 7.11 Å². The molecule has 5 nitrogen and oxygen atoms in total. The molecule has 0 saturated heterocycles. The molecule has 3 aromatic rings. The third-order valence-corrected chi connectivity index (χ3v) is 5.66. The van der Waals surface area contributed by atoms with E-state index >= 15 is 0 Å². The topological polar surface area (TPSA) is 43.3 Å². The minimum absolute atomic E-state index is 0.138. The summed E-state index contributed by atoms with van der Waals surface area (Å²) in [6.45, 7) is 4.06. The van der Waals surface area contributed by atoms with Crippen molar-refractivity contribution in [1.82, 2.24) is 5.01 Å². The molecule has 0 unspecified atom stereocenters. The van der Waals surface area contributed by atoms with Crippen LogP contribution in [0.5, 0.6) is 17.2 Å². The standard InChI is InChI=1S/C26H26N2O3/c1-17(2)30-21-14-8-18(9-15-21)23-16-24-22-6-4-5-7-25(22)31-26(28(24)27-23)19-10-12-20(29-3)13-11-19/h4-15,17,24,26H,16H2,1-3H3/t24-,26+/m1/s1. The van der Waals surface area contributed by atoms with E-state index in [1.54, 1.807) is 7.11 Å². The van der Waals surface area contributed by atoms with Gasteiger partial charge in [0, 0.05) is 17.5 Å². The van der Waals surface area contributed by atoms with Crippen molar-refractivity contribution in [2.45, 2.75) is 38.6 Å². The SMILES string of the molecule is COc1ccc([C@@H]2Oc3ccccc3[C@H]3CC(c4ccc(OC(C)C)cc4)=NN32)cc1. The van der Waals surface area contributed by atoms with Gasteiger partial charge in [0.1, 0.15) is 17.2 Å². The van der Waals surface area contributed by atoms with Gasteiger partial charge < -0.3 is 14.2 Å². The van der Waals surface area contributed by atoms with Crippen LogP contribution >= 0.6 is 0 Å². The molecule has 0 N–H and O–H groups in total. The molecule has 5 rings (SSSR count). The maximum absolute atomic E-state index is 6.41. The highest BCUT2D eigenvalue weighted by molar-refractivity contribution is 6.02. The van der Waals surface area contributed by atoms with Crippen LogP contribution in [0, 0.1) is 0 Å². The molecule has 0 amide bonds. The molecular weight excluding hydrogens is 388 g/mol. The average Bonchev–Trinajstić information content (AvgIpc) is 3.24. The fraction of sp³-hybridized carbons (Fsp3) is 0.269. The van der Waals surface area contributed by atoms with Gasteiger partial charge >= 0.3 is 0 Å². The Hall–Kier alpha value is -3.47. The molecule has 0 fully saturated rings. The van der Waals surface area contributed by atoms with Crippen molar-refractivity contribution in [2.24, 2.45) is 5.10 Å². The van der Waals surface area contributed by atoms with Crippen LogP contribution in [0.4, 0.5) is 0 Å². The number of hydrogen-bond donors (Lipinski definition) is 0. The molecule has 158 valence electrons. The van der Waals surface area contributed by atoms with Crippen molar-refractivity contribution in [3.05, 3.63) is 89.5 Å². The van der Waals surface area contributed by atoms with E-state index in [9.17, 15) is 0 Å². The Labute approximate surface area is 182 Å². The lowest BCUT2D eigenvalue weighted by Gasteiger charge is -2.38. The van der Waals surface area contributed by atoms with E-state index in [2.05, 4.69) is 29.3 Å². The molecule has 0 spiro atoms. The van der Waals surface area contributed by atoms with Crippen LogP contribution in [-0.4, -0.2) is 23.9 Å². The minimum Gasteiger partial charge on any atom is -0.497 e. The van der Waals surface area contributed by atoms with Crippen molar-refractivity contribution in [3.8, 4) is 17.2 Å². The van der Waals surface area contributed by atoms with Crippen LogP contribution in [0.2, 0.25) is 0 Å². The quantitative estimate of drug-likeness (QED) is 0.535. The van der Waals surface area contributed by atoms with E-state index in [1.807, 2.05) is 62.4 Å². The van der Waals surface area contributed by atoms with Crippen LogP contribution in [0.3, 0.4) is 0 Å². The number of nitrogens with zero attached hydrogens (tertiary/aromatic N) is 2. The fourth-order valence-electron chi connectivity index (χ4n) is 4.20. The first-order valence-electron chi connectivity index (χ1n) is 10.6. The minimum atomic E-state index is -0.285. The second kappa shape index (κ2) is 7.99. The Morgan fingerprint density at radius 2 is 1.65 bits per heavy atom. The van der Waals surface area contributed by atoms with Crippen molar-refractivity contribution >= 4 is 5.71 Å². The van der Waals surface area contributed by atoms with E-state index in [1.165, 1.54) is 5.56 Å². The van der Waals surface area contributed by atoms with Crippen molar-refractivity contribution in [1.29, 1.82) is 0 Å². The Bertz CT molecular complexity index is 1090. The lowest BCUT2D eigenvalue weighted by Crippen LogP contribution is -2.33. The summed E-state index contributed by atoms with van der Waals surface area (Å²) in [6, 6.07) is 24.6. The van der Waals surface area contributed by atoms with Gasteiger partial charge in [0.05, 0.1) is 25.0 Å². The monoisotopic (exact) mass is 414 g/mol. The summed E-state index contributed by atoms with van der Waals surface area (Å²) in [7, 11) is 1.67. The summed E-state index contributed by atoms with van der Waals surface area (Å²) in [5, 5.41) is 7.12. The van der Waals surface area contributed by atoms with Gasteiger partial charge in [0.25, 0.3) is 0 Å². The Morgan fingerprint density at radius 1 is 0.935 bits per heavy atom. The first-order valence-corrected chi connectivity index (χ1v) is 10.6. The van der Waals surface area contributed by atoms with Crippen molar-refractivity contribution < 1.29 is 14.2 Å². The van der Waals surface area contributed by atoms with Gasteiger partial charge in [-0.05, 0) is 74.0 Å². The van der Waals surface area contributed by atoms with Crippen LogP contribution in [0.15, 0.2) is 77.9 Å². The lowest BCUT2D eigenvalue weighted by molar-refractivity contribution is -0.0190. The van der Waals surface area contributed by atoms with Crippen LogP contribution in [0.25, 0.3) is 0 Å². The predicted octanol–water partition coefficient (Wildman–Crippen LogP) is 5.72. The number of methoxy groups -OCH3 is 1. The molecule has 31 heavy (non-hydrogen) atoms. The van der Waals surface area contributed by atoms with Gasteiger partial charge in [-0.1, -0.05) is 18.2 Å². The van der Waals surface area contributed by atoms with Crippen LogP contribution in [-0.2, 0) is 0 Å². The largest absolute Gasteiger partial charge is 0.497 e. The molecule has 0 bridgehead atoms. The zero-order valence-corrected chi connectivity index (χ0v) is 18.0. The summed E-state index contributed by atoms with van der Waals surface area (Å²) in [4.78, 5) is 0. The second-order valence-electron chi connectivity index (χ2n) is 8.12. The number of benzene rings is 3. The number of fused-ring (bicyclic) bond motifs is 3. The molecule has 5 heteroatoms. The van der Waals surface area contributed by atoms with Gasteiger partial charge in [-0.25, -0.2) is 5.01 Å². The maximum Gasteiger partial charge on any atom is 0.213 e. The highest BCUT2D eigenvalue weighted by Gasteiger charge is 2.40. The van der Waals surface area contributed by atoms with E-state index < -0.39 is 0 Å². The highest BCUT2D eigenvalue weighted by atomic mass is 16.5. The van der Waals surface area contributed by atoms with E-state index in [0.717, 1.165) is 40.5 Å². The maximum atomic E-state index is 6.41. The van der Waals surface area contributed by atoms with Gasteiger partial charge in [0.2, 0.25) is 6.23 Å². The lowest BCUT2D eigenvalue weighted by atomic mass is 9.96. The van der Waals surface area contributed by atoms with Crippen molar-refractivity contribution in [3.63, 3.8) is 0 Å². The number of hydrogen-bond acceptors (Lipinski definition) is 5. The molecule has 0 aliphatic carbocycles. The first kappa shape index (κ1) is 19.5. The number of ether oxygens (including phenoxy) is 3. The zero-order valence-electron chi connectivity index (χ0n) is 18.0. The number of para-hydroxylation sites is 1. The summed E-state index contributed by atoms with van der Waals surface area (Å²) < 4.78 is 17.5. The molecule has 2 heterocycles. The van der Waals surface area contributed by atoms with Gasteiger partial charge in [-0.3, -0.25) is 0 Å². The summed E-state index contributed by atoms with van der Waals surface area (Å²) in [6.07, 6.45) is 0.701. The average molecular weight is 415 g/mol.